The predicted octanol–water partition coefficient (Wildman–Crippen LogP) is 5.32. The lowest BCUT2D eigenvalue weighted by Gasteiger charge is -2.16. The quantitative estimate of drug-likeness (QED) is 0.623. The number of halogens is 4. The molecule has 0 atom stereocenters. The molecule has 2 aromatic carbocycles. The first-order chi connectivity index (χ1) is 14.1. The number of thioether (sulfide) groups is 1. The van der Waals surface area contributed by atoms with Gasteiger partial charge in [-0.3, -0.25) is 9.59 Å². The van der Waals surface area contributed by atoms with Crippen LogP contribution in [0.4, 0.5) is 23.7 Å². The van der Waals surface area contributed by atoms with E-state index in [-0.39, 0.29) is 27.8 Å². The van der Waals surface area contributed by atoms with Gasteiger partial charge in [-0.2, -0.15) is 13.2 Å². The van der Waals surface area contributed by atoms with E-state index in [9.17, 15) is 27.9 Å². The monoisotopic (exact) mass is 459 g/mol. The van der Waals surface area contributed by atoms with Crippen molar-refractivity contribution in [3.63, 3.8) is 0 Å². The van der Waals surface area contributed by atoms with Crippen LogP contribution in [-0.4, -0.2) is 30.5 Å². The van der Waals surface area contributed by atoms with Crippen molar-refractivity contribution < 1.29 is 37.3 Å². The first-order valence-electron chi connectivity index (χ1n) is 8.16. The van der Waals surface area contributed by atoms with Crippen LogP contribution in [0.25, 0.3) is 6.08 Å². The minimum absolute atomic E-state index is 0.0293. The summed E-state index contributed by atoms with van der Waals surface area (Å²) in [5, 5.41) is 8.66. The van der Waals surface area contributed by atoms with E-state index in [1.54, 1.807) is 0 Å². The van der Waals surface area contributed by atoms with Crippen molar-refractivity contribution >= 4 is 46.3 Å². The summed E-state index contributed by atoms with van der Waals surface area (Å²) in [7, 11) is 2.65. The average molecular weight is 460 g/mol. The highest BCUT2D eigenvalue weighted by atomic mass is 35.5. The Balaban J connectivity index is 2.00. The van der Waals surface area contributed by atoms with Gasteiger partial charge in [0.2, 0.25) is 5.75 Å². The van der Waals surface area contributed by atoms with Crippen molar-refractivity contribution in [1.82, 2.24) is 0 Å². The van der Waals surface area contributed by atoms with E-state index in [1.807, 2.05) is 0 Å². The summed E-state index contributed by atoms with van der Waals surface area (Å²) in [6, 6.07) is 5.60. The minimum atomic E-state index is -4.75. The topological polar surface area (TPSA) is 76.1 Å². The number of nitrogens with zero attached hydrogens (tertiary/aromatic N) is 1. The molecule has 0 radical (unpaired) electrons. The minimum Gasteiger partial charge on any atom is -0.502 e. The molecule has 0 spiro atoms. The standard InChI is InChI=1S/C19H13ClF3NO5S/c1-28-13-5-9(6-14(29-2)16(13)25)7-15-17(26)24(18(27)30-15)10-3-4-12(20)11(8-10)19(21,22)23/h3-8,25H,1-2H3/b15-7-. The lowest BCUT2D eigenvalue weighted by Crippen LogP contribution is -2.28. The maximum Gasteiger partial charge on any atom is 0.417 e. The summed E-state index contributed by atoms with van der Waals surface area (Å²) in [5.74, 6) is -0.891. The number of phenolic OH excluding ortho intramolecular Hbond substituents is 1. The number of phenols is 1. The van der Waals surface area contributed by atoms with Crippen molar-refractivity contribution in [1.29, 1.82) is 0 Å². The molecule has 1 heterocycles. The Morgan fingerprint density at radius 3 is 2.23 bits per heavy atom. The highest BCUT2D eigenvalue weighted by Crippen LogP contribution is 2.42. The van der Waals surface area contributed by atoms with Gasteiger partial charge in [0, 0.05) is 0 Å². The van der Waals surface area contributed by atoms with Crippen LogP contribution in [-0.2, 0) is 11.0 Å². The van der Waals surface area contributed by atoms with Gasteiger partial charge in [0.15, 0.2) is 11.5 Å². The Morgan fingerprint density at radius 1 is 1.10 bits per heavy atom. The first kappa shape index (κ1) is 21.8. The molecule has 6 nitrogen and oxygen atoms in total. The maximum absolute atomic E-state index is 13.1. The van der Waals surface area contributed by atoms with Crippen LogP contribution in [0.3, 0.4) is 0 Å². The van der Waals surface area contributed by atoms with Crippen LogP contribution in [0.15, 0.2) is 35.2 Å². The molecule has 0 aromatic heterocycles. The molecular formula is C19H13ClF3NO5S. The van der Waals surface area contributed by atoms with Crippen molar-refractivity contribution in [2.24, 2.45) is 0 Å². The van der Waals surface area contributed by atoms with Gasteiger partial charge < -0.3 is 14.6 Å². The second kappa shape index (κ2) is 8.11. The fourth-order valence-electron chi connectivity index (χ4n) is 2.71. The number of amides is 2. The molecule has 1 N–H and O–H groups in total. The lowest BCUT2D eigenvalue weighted by atomic mass is 10.1. The molecule has 1 saturated heterocycles. The lowest BCUT2D eigenvalue weighted by molar-refractivity contribution is -0.137. The van der Waals surface area contributed by atoms with Crippen molar-refractivity contribution in [3.05, 3.63) is 51.4 Å². The zero-order valence-electron chi connectivity index (χ0n) is 15.4. The summed E-state index contributed by atoms with van der Waals surface area (Å²) >= 11 is 6.16. The number of aromatic hydroxyl groups is 1. The number of carbonyl (C=O) groups is 2. The fraction of sp³-hybridized carbons (Fsp3) is 0.158. The SMILES string of the molecule is COc1cc(/C=C2\SC(=O)N(c3ccc(Cl)c(C(F)(F)F)c3)C2=O)cc(OC)c1O. The average Bonchev–Trinajstić information content (AvgIpc) is 2.95. The van der Waals surface area contributed by atoms with E-state index >= 15 is 0 Å². The van der Waals surface area contributed by atoms with Gasteiger partial charge in [-0.25, -0.2) is 4.90 Å². The molecule has 30 heavy (non-hydrogen) atoms. The summed E-state index contributed by atoms with van der Waals surface area (Å²) in [5.41, 5.74) is -1.03. The number of methoxy groups -OCH3 is 2. The molecule has 158 valence electrons. The third-order valence-electron chi connectivity index (χ3n) is 4.11. The number of hydrogen-bond donors (Lipinski definition) is 1. The number of ether oxygens (including phenoxy) is 2. The van der Waals surface area contributed by atoms with Crippen LogP contribution in [0.5, 0.6) is 17.2 Å². The van der Waals surface area contributed by atoms with Crippen LogP contribution < -0.4 is 14.4 Å². The number of benzene rings is 2. The van der Waals surface area contributed by atoms with E-state index in [2.05, 4.69) is 0 Å². The smallest absolute Gasteiger partial charge is 0.417 e. The van der Waals surface area contributed by atoms with Gasteiger partial charge >= 0.3 is 6.18 Å². The molecule has 0 bridgehead atoms. The Bertz CT molecular complexity index is 1050. The number of carbonyl (C=O) groups excluding carboxylic acids is 2. The second-order valence-corrected chi connectivity index (χ2v) is 7.35. The summed E-state index contributed by atoms with van der Waals surface area (Å²) in [6.07, 6.45) is -3.40. The Labute approximate surface area is 177 Å². The van der Waals surface area contributed by atoms with Crippen LogP contribution in [0.2, 0.25) is 5.02 Å². The molecule has 0 aliphatic carbocycles. The van der Waals surface area contributed by atoms with Crippen molar-refractivity contribution in [3.8, 4) is 17.2 Å². The molecule has 1 aliphatic rings. The molecule has 1 aliphatic heterocycles. The van der Waals surface area contributed by atoms with Crippen LogP contribution in [0.1, 0.15) is 11.1 Å². The Hall–Kier alpha value is -2.85. The normalized spacial score (nSPS) is 15.8. The Kier molecular flexibility index (Phi) is 5.91. The molecular weight excluding hydrogens is 447 g/mol. The molecule has 3 rings (SSSR count). The molecule has 0 unspecified atom stereocenters. The van der Waals surface area contributed by atoms with Crippen LogP contribution in [0, 0.1) is 0 Å². The van der Waals surface area contributed by atoms with E-state index in [0.29, 0.717) is 28.3 Å². The van der Waals surface area contributed by atoms with Gasteiger partial charge in [-0.1, -0.05) is 11.6 Å². The predicted molar refractivity (Wildman–Crippen MR) is 106 cm³/mol. The Morgan fingerprint density at radius 2 is 1.70 bits per heavy atom. The number of alkyl halides is 3. The van der Waals surface area contributed by atoms with Gasteiger partial charge in [-0.15, -0.1) is 0 Å². The van der Waals surface area contributed by atoms with E-state index in [1.165, 1.54) is 32.4 Å². The number of imide groups is 1. The molecule has 1 fully saturated rings. The third kappa shape index (κ3) is 4.05. The molecule has 2 amide bonds. The van der Waals surface area contributed by atoms with Crippen LogP contribution >= 0.6 is 23.4 Å². The maximum atomic E-state index is 13.1. The van der Waals surface area contributed by atoms with Gasteiger partial charge in [0.05, 0.1) is 35.4 Å². The van der Waals surface area contributed by atoms with E-state index in [0.717, 1.165) is 12.1 Å². The second-order valence-electron chi connectivity index (χ2n) is 5.95. The highest BCUT2D eigenvalue weighted by Gasteiger charge is 2.39. The van der Waals surface area contributed by atoms with Crippen molar-refractivity contribution in [2.45, 2.75) is 6.18 Å². The summed E-state index contributed by atoms with van der Waals surface area (Å²) in [4.78, 5) is 25.7. The number of hydrogen-bond acceptors (Lipinski definition) is 6. The molecule has 2 aromatic rings. The number of rotatable bonds is 4. The van der Waals surface area contributed by atoms with E-state index < -0.39 is 27.9 Å². The van der Waals surface area contributed by atoms with Crippen molar-refractivity contribution in [2.75, 3.05) is 19.1 Å². The molecule has 0 saturated carbocycles. The van der Waals surface area contributed by atoms with Gasteiger partial charge in [0.25, 0.3) is 11.1 Å². The van der Waals surface area contributed by atoms with E-state index in [4.69, 9.17) is 21.1 Å². The largest absolute Gasteiger partial charge is 0.502 e. The third-order valence-corrected chi connectivity index (χ3v) is 5.31. The van der Waals surface area contributed by atoms with Gasteiger partial charge in [0.1, 0.15) is 0 Å². The number of anilines is 1. The summed E-state index contributed by atoms with van der Waals surface area (Å²) < 4.78 is 49.4. The van der Waals surface area contributed by atoms with Gasteiger partial charge in [-0.05, 0) is 53.7 Å². The highest BCUT2D eigenvalue weighted by molar-refractivity contribution is 8.19. The fourth-order valence-corrected chi connectivity index (χ4v) is 3.77. The zero-order valence-corrected chi connectivity index (χ0v) is 17.0. The summed E-state index contributed by atoms with van der Waals surface area (Å²) in [6.45, 7) is 0. The molecule has 11 heteroatoms. The zero-order chi connectivity index (χ0) is 22.2. The first-order valence-corrected chi connectivity index (χ1v) is 9.36.